The number of hydrogen-bond donors (Lipinski definition) is 2. The fourth-order valence-electron chi connectivity index (χ4n) is 3.80. The number of nitriles is 1. The smallest absolute Gasteiger partial charge is 0.408 e. The summed E-state index contributed by atoms with van der Waals surface area (Å²) < 4.78 is 21.9. The number of halogens is 1. The van der Waals surface area contributed by atoms with Crippen molar-refractivity contribution in [2.75, 3.05) is 5.32 Å². The number of carbonyl (C=O) groups excluding carboxylic acids is 2. The molecule has 0 radical (unpaired) electrons. The lowest BCUT2D eigenvalue weighted by Gasteiger charge is -2.12. The van der Waals surface area contributed by atoms with E-state index >= 15 is 0 Å². The lowest BCUT2D eigenvalue weighted by molar-refractivity contribution is 0.101. The molecule has 2 amide bonds. The molecule has 10 nitrogen and oxygen atoms in total. The molecule has 0 bridgehead atoms. The van der Waals surface area contributed by atoms with Crippen LogP contribution in [0, 0.1) is 17.1 Å². The van der Waals surface area contributed by atoms with Gasteiger partial charge in [-0.3, -0.25) is 9.48 Å². The van der Waals surface area contributed by atoms with Gasteiger partial charge in [-0.15, -0.1) is 0 Å². The van der Waals surface area contributed by atoms with Crippen LogP contribution >= 0.6 is 0 Å². The lowest BCUT2D eigenvalue weighted by atomic mass is 10.1. The van der Waals surface area contributed by atoms with Gasteiger partial charge in [0.25, 0.3) is 5.91 Å². The fraction of sp³-hybridized carbons (Fsp3) is 0.286. The van der Waals surface area contributed by atoms with E-state index in [0.29, 0.717) is 30.0 Å². The second-order valence-electron chi connectivity index (χ2n) is 7.43. The minimum absolute atomic E-state index is 0.0446. The van der Waals surface area contributed by atoms with Crippen LogP contribution in [0.4, 0.5) is 14.9 Å². The molecule has 0 saturated carbocycles. The van der Waals surface area contributed by atoms with E-state index in [-0.39, 0.29) is 24.1 Å². The third-order valence-corrected chi connectivity index (χ3v) is 5.21. The molecular weight excluding hydrogens is 417 g/mol. The Kier molecular flexibility index (Phi) is 5.59. The number of hydrogen-bond acceptors (Lipinski definition) is 6. The van der Waals surface area contributed by atoms with Crippen molar-refractivity contribution in [1.82, 2.24) is 24.6 Å². The van der Waals surface area contributed by atoms with Crippen molar-refractivity contribution in [2.24, 2.45) is 14.1 Å². The van der Waals surface area contributed by atoms with Crippen LogP contribution in [-0.4, -0.2) is 31.3 Å². The summed E-state index contributed by atoms with van der Waals surface area (Å²) in [6, 6.07) is 5.27. The molecule has 0 fully saturated rings. The van der Waals surface area contributed by atoms with Gasteiger partial charge in [0.15, 0.2) is 12.4 Å². The van der Waals surface area contributed by atoms with E-state index in [1.165, 1.54) is 23.1 Å². The van der Waals surface area contributed by atoms with Crippen LogP contribution in [0.2, 0.25) is 0 Å². The van der Waals surface area contributed by atoms with Crippen LogP contribution in [0.1, 0.15) is 45.5 Å². The van der Waals surface area contributed by atoms with E-state index in [1.807, 2.05) is 0 Å². The molecular formula is C21H20FN7O3. The number of fused-ring (bicyclic) bond motifs is 1. The van der Waals surface area contributed by atoms with E-state index in [4.69, 9.17) is 10.00 Å². The summed E-state index contributed by atoms with van der Waals surface area (Å²) >= 11 is 0. The third-order valence-electron chi connectivity index (χ3n) is 5.21. The molecule has 0 aliphatic heterocycles. The average molecular weight is 437 g/mol. The zero-order valence-electron chi connectivity index (χ0n) is 17.4. The Balaban J connectivity index is 1.44. The van der Waals surface area contributed by atoms with Gasteiger partial charge in [0, 0.05) is 26.0 Å². The van der Waals surface area contributed by atoms with E-state index in [2.05, 4.69) is 20.7 Å². The van der Waals surface area contributed by atoms with Gasteiger partial charge in [0.05, 0.1) is 11.6 Å². The molecule has 3 aromatic rings. The van der Waals surface area contributed by atoms with Crippen molar-refractivity contribution in [2.45, 2.75) is 25.5 Å². The highest BCUT2D eigenvalue weighted by atomic mass is 19.1. The summed E-state index contributed by atoms with van der Waals surface area (Å²) in [6.07, 6.45) is 3.94. The van der Waals surface area contributed by atoms with Crippen molar-refractivity contribution in [3.8, 4) is 6.07 Å². The highest BCUT2D eigenvalue weighted by Crippen LogP contribution is 2.35. The fourth-order valence-corrected chi connectivity index (χ4v) is 3.80. The number of carbonyl (C=O) groups is 2. The first kappa shape index (κ1) is 21.0. The van der Waals surface area contributed by atoms with Crippen LogP contribution in [0.25, 0.3) is 0 Å². The van der Waals surface area contributed by atoms with Gasteiger partial charge < -0.3 is 19.9 Å². The second-order valence-corrected chi connectivity index (χ2v) is 7.43. The minimum atomic E-state index is -0.648. The molecule has 2 aromatic heterocycles. The highest BCUT2D eigenvalue weighted by Gasteiger charge is 2.31. The molecule has 2 heterocycles. The number of aromatic nitrogens is 4. The normalized spacial score (nSPS) is 14.5. The first-order chi connectivity index (χ1) is 15.4. The molecule has 1 atom stereocenters. The van der Waals surface area contributed by atoms with E-state index in [1.54, 1.807) is 30.9 Å². The van der Waals surface area contributed by atoms with Crippen LogP contribution in [0.3, 0.4) is 0 Å². The number of ether oxygens (including phenoxy) is 1. The summed E-state index contributed by atoms with van der Waals surface area (Å²) in [7, 11) is 3.46. The monoisotopic (exact) mass is 437 g/mol. The van der Waals surface area contributed by atoms with Crippen molar-refractivity contribution >= 4 is 17.7 Å². The lowest BCUT2D eigenvalue weighted by Crippen LogP contribution is -2.27. The molecule has 0 spiro atoms. The highest BCUT2D eigenvalue weighted by molar-refractivity contribution is 6.04. The predicted octanol–water partition coefficient (Wildman–Crippen LogP) is 2.33. The number of aryl methyl sites for hydroxylation is 2. The number of amides is 2. The van der Waals surface area contributed by atoms with Crippen molar-refractivity contribution in [1.29, 1.82) is 5.26 Å². The molecule has 1 aliphatic carbocycles. The Hall–Kier alpha value is -4.20. The summed E-state index contributed by atoms with van der Waals surface area (Å²) in [5.74, 6) is -0.632. The van der Waals surface area contributed by atoms with Crippen LogP contribution in [0.15, 0.2) is 30.7 Å². The first-order valence-electron chi connectivity index (χ1n) is 9.82. The van der Waals surface area contributed by atoms with Gasteiger partial charge in [-0.25, -0.2) is 14.2 Å². The van der Waals surface area contributed by atoms with Crippen molar-refractivity contribution in [3.63, 3.8) is 0 Å². The van der Waals surface area contributed by atoms with E-state index in [9.17, 15) is 14.0 Å². The Morgan fingerprint density at radius 1 is 1.38 bits per heavy atom. The Labute approximate surface area is 182 Å². The largest absolute Gasteiger partial charge is 0.441 e. The Bertz CT molecular complexity index is 1240. The zero-order valence-corrected chi connectivity index (χ0v) is 17.4. The summed E-state index contributed by atoms with van der Waals surface area (Å²) in [4.78, 5) is 29.1. The Morgan fingerprint density at radius 3 is 2.91 bits per heavy atom. The molecule has 4 rings (SSSR count). The molecule has 0 saturated heterocycles. The van der Waals surface area contributed by atoms with Gasteiger partial charge in [-0.1, -0.05) is 0 Å². The van der Waals surface area contributed by atoms with Gasteiger partial charge in [-0.2, -0.15) is 10.4 Å². The van der Waals surface area contributed by atoms with Crippen molar-refractivity contribution < 1.29 is 18.7 Å². The number of nitrogens with one attached hydrogen (secondary N) is 2. The summed E-state index contributed by atoms with van der Waals surface area (Å²) in [5.41, 5.74) is 2.27. The maximum Gasteiger partial charge on any atom is 0.408 e. The van der Waals surface area contributed by atoms with Gasteiger partial charge in [0.2, 0.25) is 0 Å². The third kappa shape index (κ3) is 4.15. The van der Waals surface area contributed by atoms with Gasteiger partial charge in [0.1, 0.15) is 23.9 Å². The molecule has 164 valence electrons. The van der Waals surface area contributed by atoms with Gasteiger partial charge >= 0.3 is 6.09 Å². The number of rotatable bonds is 5. The molecule has 32 heavy (non-hydrogen) atoms. The van der Waals surface area contributed by atoms with Crippen LogP contribution in [-0.2, 0) is 31.9 Å². The topological polar surface area (TPSA) is 127 Å². The minimum Gasteiger partial charge on any atom is -0.441 e. The number of anilines is 1. The van der Waals surface area contributed by atoms with Crippen LogP contribution < -0.4 is 10.6 Å². The predicted molar refractivity (Wildman–Crippen MR) is 110 cm³/mol. The van der Waals surface area contributed by atoms with Crippen molar-refractivity contribution in [3.05, 3.63) is 64.7 Å². The zero-order chi connectivity index (χ0) is 22.8. The molecule has 1 unspecified atom stereocenters. The molecule has 2 N–H and O–H groups in total. The summed E-state index contributed by atoms with van der Waals surface area (Å²) in [6.45, 7) is -0.0446. The van der Waals surface area contributed by atoms with E-state index < -0.39 is 11.9 Å². The first-order valence-corrected chi connectivity index (χ1v) is 9.82. The number of benzene rings is 1. The molecule has 11 heteroatoms. The van der Waals surface area contributed by atoms with Crippen LogP contribution in [0.5, 0.6) is 0 Å². The SMILES string of the molecule is Cn1cnc(COC(=O)NC2CCc3c2cn(C)c3C(=O)Nc2ccc(F)c(C#N)c2)n1. The molecule has 1 aromatic carbocycles. The molecule has 1 aliphatic rings. The number of alkyl carbamates (subject to hydrolysis) is 1. The maximum atomic E-state index is 13.5. The number of nitrogens with zero attached hydrogens (tertiary/aromatic N) is 5. The van der Waals surface area contributed by atoms with Gasteiger partial charge in [-0.05, 0) is 42.2 Å². The Morgan fingerprint density at radius 2 is 2.19 bits per heavy atom. The standard InChI is InChI=1S/C21H20FN7O3/c1-28-9-15-14(19(28)20(30)25-13-3-5-16(22)12(7-13)8-23)4-6-17(15)26-21(31)32-10-18-24-11-29(2)27-18/h3,5,7,9,11,17H,4,6,10H2,1-2H3,(H,25,30)(H,26,31). The summed E-state index contributed by atoms with van der Waals surface area (Å²) in [5, 5.41) is 18.6. The quantitative estimate of drug-likeness (QED) is 0.631. The second kappa shape index (κ2) is 8.50. The van der Waals surface area contributed by atoms with E-state index in [0.717, 1.165) is 17.2 Å². The average Bonchev–Trinajstić information content (AvgIpc) is 3.43. The maximum absolute atomic E-state index is 13.5.